The number of ether oxygens (including phenoxy) is 2. The van der Waals surface area contributed by atoms with Crippen molar-refractivity contribution in [2.45, 2.75) is 25.4 Å². The van der Waals surface area contributed by atoms with E-state index in [1.54, 1.807) is 26.3 Å². The molecular weight excluding hydrogens is 351 g/mol. The van der Waals surface area contributed by atoms with Crippen LogP contribution >= 0.6 is 0 Å². The Kier molecular flexibility index (Phi) is 9.00. The summed E-state index contributed by atoms with van der Waals surface area (Å²) >= 11 is 0. The minimum absolute atomic E-state index is 0.0661. The van der Waals surface area contributed by atoms with Gasteiger partial charge in [0, 0.05) is 46.1 Å². The maximum atomic E-state index is 13.2. The summed E-state index contributed by atoms with van der Waals surface area (Å²) in [6.07, 6.45) is 3.00. The highest BCUT2D eigenvalue weighted by Gasteiger charge is 2.22. The van der Waals surface area contributed by atoms with E-state index in [4.69, 9.17) is 9.47 Å². The van der Waals surface area contributed by atoms with Crippen molar-refractivity contribution in [3.05, 3.63) is 30.1 Å². The number of nitrogens with zero attached hydrogens (tertiary/aromatic N) is 2. The summed E-state index contributed by atoms with van der Waals surface area (Å²) in [4.78, 5) is 18.4. The van der Waals surface area contributed by atoms with Crippen LogP contribution in [0.5, 0.6) is 0 Å². The molecule has 1 saturated heterocycles. The van der Waals surface area contributed by atoms with E-state index in [0.717, 1.165) is 32.4 Å². The predicted octanol–water partition coefficient (Wildman–Crippen LogP) is 1.86. The number of halogens is 1. The molecule has 27 heavy (non-hydrogen) atoms. The molecule has 0 aliphatic carbocycles. The largest absolute Gasteiger partial charge is 0.385 e. The Morgan fingerprint density at radius 2 is 2.11 bits per heavy atom. The van der Waals surface area contributed by atoms with E-state index in [2.05, 4.69) is 20.5 Å². The fourth-order valence-corrected chi connectivity index (χ4v) is 2.95. The molecule has 1 aliphatic rings. The highest BCUT2D eigenvalue weighted by Crippen LogP contribution is 2.14. The first kappa shape index (κ1) is 21.1. The molecule has 1 amide bonds. The van der Waals surface area contributed by atoms with Gasteiger partial charge in [0.05, 0.1) is 12.6 Å². The van der Waals surface area contributed by atoms with Gasteiger partial charge in [-0.3, -0.25) is 9.79 Å². The number of amides is 1. The number of hydrogen-bond acceptors (Lipinski definition) is 4. The molecule has 0 aromatic heterocycles. The molecule has 7 nitrogen and oxygen atoms in total. The van der Waals surface area contributed by atoms with Crippen molar-refractivity contribution in [3.63, 3.8) is 0 Å². The standard InChI is InChI=1S/C19H29FN4O3/c1-21-19(22-14-18(25)23-16-6-3-5-15(20)13-16)24-9-7-17(8-10-24)27-12-4-11-26-2/h3,5-6,13,17H,4,7-12,14H2,1-2H3,(H,21,22)(H,23,25). The first-order valence-corrected chi connectivity index (χ1v) is 9.24. The molecule has 0 atom stereocenters. The Hall–Kier alpha value is -2.19. The highest BCUT2D eigenvalue weighted by molar-refractivity contribution is 5.95. The van der Waals surface area contributed by atoms with Gasteiger partial charge in [-0.05, 0) is 37.5 Å². The van der Waals surface area contributed by atoms with Crippen molar-refractivity contribution in [2.24, 2.45) is 4.99 Å². The van der Waals surface area contributed by atoms with Crippen LogP contribution in [0.3, 0.4) is 0 Å². The summed E-state index contributed by atoms with van der Waals surface area (Å²) < 4.78 is 24.0. The molecule has 1 aliphatic heterocycles. The van der Waals surface area contributed by atoms with Crippen LogP contribution in [-0.2, 0) is 14.3 Å². The Morgan fingerprint density at radius 1 is 1.33 bits per heavy atom. The number of guanidine groups is 1. The van der Waals surface area contributed by atoms with E-state index in [1.165, 1.54) is 12.1 Å². The number of nitrogens with one attached hydrogen (secondary N) is 2. The number of hydrogen-bond donors (Lipinski definition) is 2. The SMILES string of the molecule is CN=C(NCC(=O)Nc1cccc(F)c1)N1CCC(OCCCOC)CC1. The van der Waals surface area contributed by atoms with E-state index in [0.29, 0.717) is 24.9 Å². The molecule has 1 aromatic carbocycles. The van der Waals surface area contributed by atoms with Crippen molar-refractivity contribution >= 4 is 17.6 Å². The number of carbonyl (C=O) groups is 1. The number of aliphatic imine (C=N–C) groups is 1. The van der Waals surface area contributed by atoms with Crippen LogP contribution in [-0.4, -0.2) is 69.9 Å². The maximum absolute atomic E-state index is 13.2. The van der Waals surface area contributed by atoms with Gasteiger partial charge in [-0.25, -0.2) is 4.39 Å². The van der Waals surface area contributed by atoms with Crippen LogP contribution in [0.4, 0.5) is 10.1 Å². The number of methoxy groups -OCH3 is 1. The van der Waals surface area contributed by atoms with Crippen molar-refractivity contribution in [1.29, 1.82) is 0 Å². The van der Waals surface area contributed by atoms with Gasteiger partial charge >= 0.3 is 0 Å². The lowest BCUT2D eigenvalue weighted by Gasteiger charge is -2.34. The second-order valence-electron chi connectivity index (χ2n) is 6.36. The van der Waals surface area contributed by atoms with Crippen LogP contribution in [0.2, 0.25) is 0 Å². The van der Waals surface area contributed by atoms with Crippen molar-refractivity contribution in [3.8, 4) is 0 Å². The van der Waals surface area contributed by atoms with E-state index in [1.807, 2.05) is 0 Å². The molecule has 1 aromatic rings. The van der Waals surface area contributed by atoms with Crippen LogP contribution < -0.4 is 10.6 Å². The van der Waals surface area contributed by atoms with Crippen LogP contribution in [0.15, 0.2) is 29.3 Å². The van der Waals surface area contributed by atoms with Crippen LogP contribution in [0.1, 0.15) is 19.3 Å². The van der Waals surface area contributed by atoms with Crippen LogP contribution in [0, 0.1) is 5.82 Å². The summed E-state index contributed by atoms with van der Waals surface area (Å²) in [5.41, 5.74) is 0.434. The Morgan fingerprint density at radius 3 is 2.78 bits per heavy atom. The monoisotopic (exact) mass is 380 g/mol. The van der Waals surface area contributed by atoms with Gasteiger partial charge in [-0.1, -0.05) is 6.07 Å². The molecule has 8 heteroatoms. The first-order valence-electron chi connectivity index (χ1n) is 9.24. The predicted molar refractivity (Wildman–Crippen MR) is 103 cm³/mol. The molecule has 1 fully saturated rings. The summed E-state index contributed by atoms with van der Waals surface area (Å²) in [6.45, 7) is 3.13. The second kappa shape index (κ2) is 11.5. The fourth-order valence-electron chi connectivity index (χ4n) is 2.95. The average molecular weight is 380 g/mol. The van der Waals surface area contributed by atoms with E-state index in [9.17, 15) is 9.18 Å². The molecule has 2 N–H and O–H groups in total. The molecule has 0 spiro atoms. The third-order valence-electron chi connectivity index (χ3n) is 4.32. The van der Waals surface area contributed by atoms with Gasteiger partial charge in [0.25, 0.3) is 0 Å². The van der Waals surface area contributed by atoms with Gasteiger partial charge in [0.15, 0.2) is 5.96 Å². The topological polar surface area (TPSA) is 75.2 Å². The van der Waals surface area contributed by atoms with E-state index >= 15 is 0 Å². The zero-order chi connectivity index (χ0) is 19.5. The zero-order valence-electron chi connectivity index (χ0n) is 16.0. The molecule has 2 rings (SSSR count). The van der Waals surface area contributed by atoms with E-state index < -0.39 is 0 Å². The normalized spacial score (nSPS) is 15.7. The van der Waals surface area contributed by atoms with Gasteiger partial charge in [0.2, 0.25) is 5.91 Å². The molecule has 0 saturated carbocycles. The minimum Gasteiger partial charge on any atom is -0.385 e. The van der Waals surface area contributed by atoms with Gasteiger partial charge in [-0.2, -0.15) is 0 Å². The summed E-state index contributed by atoms with van der Waals surface area (Å²) in [5, 5.41) is 5.72. The lowest BCUT2D eigenvalue weighted by Crippen LogP contribution is -2.48. The smallest absolute Gasteiger partial charge is 0.243 e. The lowest BCUT2D eigenvalue weighted by molar-refractivity contribution is -0.115. The molecule has 0 radical (unpaired) electrons. The highest BCUT2D eigenvalue weighted by atomic mass is 19.1. The quantitative estimate of drug-likeness (QED) is 0.409. The number of likely N-dealkylation sites (tertiary alicyclic amines) is 1. The number of anilines is 1. The summed E-state index contributed by atoms with van der Waals surface area (Å²) in [7, 11) is 3.38. The third kappa shape index (κ3) is 7.52. The third-order valence-corrected chi connectivity index (χ3v) is 4.32. The summed E-state index contributed by atoms with van der Waals surface area (Å²) in [6, 6.07) is 5.82. The first-order chi connectivity index (χ1) is 13.1. The fraction of sp³-hybridized carbons (Fsp3) is 0.579. The second-order valence-corrected chi connectivity index (χ2v) is 6.36. The number of carbonyl (C=O) groups excluding carboxylic acids is 1. The Bertz CT molecular complexity index is 619. The molecular formula is C19H29FN4O3. The lowest BCUT2D eigenvalue weighted by atomic mass is 10.1. The van der Waals surface area contributed by atoms with Crippen LogP contribution in [0.25, 0.3) is 0 Å². The number of benzene rings is 1. The molecule has 0 unspecified atom stereocenters. The van der Waals surface area contributed by atoms with Gasteiger partial charge in [0.1, 0.15) is 5.82 Å². The minimum atomic E-state index is -0.385. The maximum Gasteiger partial charge on any atom is 0.243 e. The summed E-state index contributed by atoms with van der Waals surface area (Å²) in [5.74, 6) is 0.0456. The number of piperidine rings is 1. The van der Waals surface area contributed by atoms with Gasteiger partial charge < -0.3 is 25.0 Å². The molecule has 1 heterocycles. The Labute approximate surface area is 159 Å². The Balaban J connectivity index is 1.70. The zero-order valence-corrected chi connectivity index (χ0v) is 16.0. The van der Waals surface area contributed by atoms with Gasteiger partial charge in [-0.15, -0.1) is 0 Å². The van der Waals surface area contributed by atoms with Crippen molar-refractivity contribution < 1.29 is 18.7 Å². The number of rotatable bonds is 8. The van der Waals surface area contributed by atoms with Crippen molar-refractivity contribution in [2.75, 3.05) is 52.3 Å². The van der Waals surface area contributed by atoms with Crippen molar-refractivity contribution in [1.82, 2.24) is 10.2 Å². The molecule has 150 valence electrons. The molecule has 0 bridgehead atoms. The average Bonchev–Trinajstić information content (AvgIpc) is 2.67. The van der Waals surface area contributed by atoms with E-state index in [-0.39, 0.29) is 24.4 Å².